The van der Waals surface area contributed by atoms with Gasteiger partial charge in [0, 0.05) is 0 Å². The summed E-state index contributed by atoms with van der Waals surface area (Å²) < 4.78 is 12.9. The van der Waals surface area contributed by atoms with Crippen LogP contribution in [0.15, 0.2) is 0 Å². The van der Waals surface area contributed by atoms with Crippen LogP contribution in [0.4, 0.5) is 4.39 Å². The summed E-state index contributed by atoms with van der Waals surface area (Å²) in [7, 11) is 0. The maximum atomic E-state index is 12.9. The predicted molar refractivity (Wildman–Crippen MR) is 37.4 cm³/mol. The normalized spacial score (nSPS) is 10.9. The van der Waals surface area contributed by atoms with E-state index in [-0.39, 0.29) is 11.7 Å². The van der Waals surface area contributed by atoms with Crippen LogP contribution in [-0.2, 0) is 0 Å². The van der Waals surface area contributed by atoms with Gasteiger partial charge in [-0.15, -0.1) is 0 Å². The maximum Gasteiger partial charge on any atom is 0.167 e. The molecule has 1 aromatic rings. The van der Waals surface area contributed by atoms with Crippen molar-refractivity contribution in [2.24, 2.45) is 0 Å². The van der Waals surface area contributed by atoms with E-state index >= 15 is 0 Å². The van der Waals surface area contributed by atoms with E-state index in [4.69, 9.17) is 0 Å². The Morgan fingerprint density at radius 3 is 2.30 bits per heavy atom. The first kappa shape index (κ1) is 7.25. The minimum Gasteiger partial charge on any atom is -0.279 e. The molecule has 0 aliphatic heterocycles. The van der Waals surface area contributed by atoms with Gasteiger partial charge in [0.05, 0.1) is 11.4 Å². The Bertz CT molecular complexity index is 228. The first-order chi connectivity index (χ1) is 4.63. The number of nitrogens with zero attached hydrogens (tertiary/aromatic N) is 1. The lowest BCUT2D eigenvalue weighted by molar-refractivity contribution is 0.590. The number of aromatic nitrogens is 2. The predicted octanol–water partition coefficient (Wildman–Crippen LogP) is 1.98. The van der Waals surface area contributed by atoms with E-state index in [9.17, 15) is 4.39 Å². The lowest BCUT2D eigenvalue weighted by atomic mass is 10.1. The fraction of sp³-hybridized carbons (Fsp3) is 0.571. The van der Waals surface area contributed by atoms with Crippen molar-refractivity contribution in [3.8, 4) is 0 Å². The van der Waals surface area contributed by atoms with Gasteiger partial charge in [-0.05, 0) is 12.8 Å². The minimum atomic E-state index is -0.199. The van der Waals surface area contributed by atoms with Gasteiger partial charge in [0.15, 0.2) is 5.82 Å². The summed E-state index contributed by atoms with van der Waals surface area (Å²) in [5, 5.41) is 6.39. The van der Waals surface area contributed by atoms with Gasteiger partial charge in [-0.25, -0.2) is 4.39 Å². The number of hydrogen-bond acceptors (Lipinski definition) is 1. The maximum absolute atomic E-state index is 12.9. The van der Waals surface area contributed by atoms with Crippen molar-refractivity contribution in [2.45, 2.75) is 26.7 Å². The van der Waals surface area contributed by atoms with Crippen molar-refractivity contribution in [3.63, 3.8) is 0 Å². The van der Waals surface area contributed by atoms with Gasteiger partial charge in [-0.2, -0.15) is 5.10 Å². The van der Waals surface area contributed by atoms with E-state index in [1.165, 1.54) is 0 Å². The monoisotopic (exact) mass is 142 g/mol. The molecule has 0 spiro atoms. The van der Waals surface area contributed by atoms with Crippen LogP contribution in [0.2, 0.25) is 0 Å². The van der Waals surface area contributed by atoms with Crippen molar-refractivity contribution in [2.75, 3.05) is 0 Å². The second kappa shape index (κ2) is 2.40. The van der Waals surface area contributed by atoms with Gasteiger partial charge in [0.1, 0.15) is 0 Å². The summed E-state index contributed by atoms with van der Waals surface area (Å²) in [5.74, 6) is -0.0174. The molecule has 0 amide bonds. The number of halogens is 1. The topological polar surface area (TPSA) is 28.7 Å². The Labute approximate surface area is 59.5 Å². The number of aryl methyl sites for hydroxylation is 1. The molecule has 1 aromatic heterocycles. The molecule has 0 saturated carbocycles. The molecule has 0 saturated heterocycles. The van der Waals surface area contributed by atoms with Gasteiger partial charge in [0.2, 0.25) is 0 Å². The minimum absolute atomic E-state index is 0.182. The third-order valence-corrected chi connectivity index (χ3v) is 1.48. The molecule has 3 heteroatoms. The Morgan fingerprint density at radius 2 is 2.10 bits per heavy atom. The highest BCUT2D eigenvalue weighted by Gasteiger charge is 2.11. The number of H-pyrrole nitrogens is 1. The molecule has 1 heterocycles. The molecule has 1 rings (SSSR count). The van der Waals surface area contributed by atoms with E-state index in [0.717, 1.165) is 0 Å². The lowest BCUT2D eigenvalue weighted by Gasteiger charge is -1.98. The molecule has 0 aliphatic carbocycles. The smallest absolute Gasteiger partial charge is 0.167 e. The van der Waals surface area contributed by atoms with Crippen molar-refractivity contribution in [1.82, 2.24) is 10.2 Å². The van der Waals surface area contributed by atoms with Crippen molar-refractivity contribution < 1.29 is 4.39 Å². The van der Waals surface area contributed by atoms with E-state index < -0.39 is 0 Å². The zero-order valence-electron chi connectivity index (χ0n) is 6.40. The van der Waals surface area contributed by atoms with Gasteiger partial charge >= 0.3 is 0 Å². The highest BCUT2D eigenvalue weighted by Crippen LogP contribution is 2.16. The lowest BCUT2D eigenvalue weighted by Crippen LogP contribution is -1.90. The molecule has 0 aliphatic rings. The molecule has 10 heavy (non-hydrogen) atoms. The average Bonchev–Trinajstić information content (AvgIpc) is 2.14. The van der Waals surface area contributed by atoms with Gasteiger partial charge in [-0.1, -0.05) is 13.8 Å². The van der Waals surface area contributed by atoms with Gasteiger partial charge in [-0.3, -0.25) is 5.10 Å². The van der Waals surface area contributed by atoms with E-state index in [0.29, 0.717) is 11.4 Å². The zero-order chi connectivity index (χ0) is 7.72. The van der Waals surface area contributed by atoms with Crippen LogP contribution in [0.5, 0.6) is 0 Å². The molecule has 0 radical (unpaired) electrons. The molecule has 0 atom stereocenters. The Morgan fingerprint density at radius 1 is 1.50 bits per heavy atom. The van der Waals surface area contributed by atoms with Crippen LogP contribution < -0.4 is 0 Å². The molecular formula is C7H11FN2. The summed E-state index contributed by atoms with van der Waals surface area (Å²) in [4.78, 5) is 0. The molecule has 2 nitrogen and oxygen atoms in total. The number of nitrogens with one attached hydrogen (secondary N) is 1. The highest BCUT2D eigenvalue weighted by atomic mass is 19.1. The molecule has 1 N–H and O–H groups in total. The quantitative estimate of drug-likeness (QED) is 0.638. The molecule has 0 unspecified atom stereocenters. The summed E-state index contributed by atoms with van der Waals surface area (Å²) in [5.41, 5.74) is 1.04. The van der Waals surface area contributed by atoms with Crippen LogP contribution >= 0.6 is 0 Å². The van der Waals surface area contributed by atoms with E-state index in [2.05, 4.69) is 10.2 Å². The third kappa shape index (κ3) is 1.03. The fourth-order valence-electron chi connectivity index (χ4n) is 0.820. The van der Waals surface area contributed by atoms with E-state index in [1.54, 1.807) is 6.92 Å². The highest BCUT2D eigenvalue weighted by molar-refractivity contribution is 5.13. The molecule has 56 valence electrons. The van der Waals surface area contributed by atoms with Crippen molar-refractivity contribution in [1.29, 1.82) is 0 Å². The largest absolute Gasteiger partial charge is 0.279 e. The Hall–Kier alpha value is -0.860. The average molecular weight is 142 g/mol. The first-order valence-electron chi connectivity index (χ1n) is 3.33. The second-order valence-electron chi connectivity index (χ2n) is 2.69. The number of rotatable bonds is 1. The van der Waals surface area contributed by atoms with Gasteiger partial charge < -0.3 is 0 Å². The Balaban J connectivity index is 3.05. The zero-order valence-corrected chi connectivity index (χ0v) is 6.40. The molecule has 0 aromatic carbocycles. The summed E-state index contributed by atoms with van der Waals surface area (Å²) in [6.45, 7) is 5.50. The van der Waals surface area contributed by atoms with Crippen LogP contribution in [0.3, 0.4) is 0 Å². The fourth-order valence-corrected chi connectivity index (χ4v) is 0.820. The van der Waals surface area contributed by atoms with Crippen LogP contribution in [-0.4, -0.2) is 10.2 Å². The Kier molecular flexibility index (Phi) is 1.74. The second-order valence-corrected chi connectivity index (χ2v) is 2.69. The summed E-state index contributed by atoms with van der Waals surface area (Å²) in [6.07, 6.45) is 0. The van der Waals surface area contributed by atoms with E-state index in [1.807, 2.05) is 13.8 Å². The first-order valence-corrected chi connectivity index (χ1v) is 3.33. The molecule has 0 fully saturated rings. The third-order valence-electron chi connectivity index (χ3n) is 1.48. The number of hydrogen-bond donors (Lipinski definition) is 1. The summed E-state index contributed by atoms with van der Waals surface area (Å²) >= 11 is 0. The molecule has 0 bridgehead atoms. The van der Waals surface area contributed by atoms with Crippen LogP contribution in [0.1, 0.15) is 31.2 Å². The summed E-state index contributed by atoms with van der Waals surface area (Å²) in [6, 6.07) is 0. The SMILES string of the molecule is Cc1n[nH]c(C(C)C)c1F. The van der Waals surface area contributed by atoms with Crippen molar-refractivity contribution >= 4 is 0 Å². The van der Waals surface area contributed by atoms with Crippen LogP contribution in [0, 0.1) is 12.7 Å². The standard InChI is InChI=1S/C7H11FN2/c1-4(2)7-6(8)5(3)9-10-7/h4H,1-3H3,(H,9,10). The van der Waals surface area contributed by atoms with Crippen molar-refractivity contribution in [3.05, 3.63) is 17.2 Å². The molecular weight excluding hydrogens is 131 g/mol. The van der Waals surface area contributed by atoms with Crippen LogP contribution in [0.25, 0.3) is 0 Å². The van der Waals surface area contributed by atoms with Gasteiger partial charge in [0.25, 0.3) is 0 Å². The number of aromatic amines is 1.